The number of allylic oxidation sites excluding steroid dienone is 10. The minimum absolute atomic E-state index is 0.147. The Labute approximate surface area is 351 Å². The summed E-state index contributed by atoms with van der Waals surface area (Å²) in [5.41, 5.74) is 5.33. The molecule has 3 atom stereocenters. The highest BCUT2D eigenvalue weighted by atomic mass is 31.2. The number of rotatable bonds is 41. The third-order valence-corrected chi connectivity index (χ3v) is 10.2. The Kier molecular flexibility index (Phi) is 38.9. The molecule has 0 rings (SSSR count). The topological polar surface area (TPSA) is 172 Å². The fourth-order valence-corrected chi connectivity index (χ4v) is 6.47. The number of unbranched alkanes of at least 4 members (excludes halogenated alkanes) is 17. The minimum Gasteiger partial charge on any atom is -0.480 e. The molecule has 12 heteroatoms. The summed E-state index contributed by atoms with van der Waals surface area (Å²) in [6.07, 6.45) is 47.1. The van der Waals surface area contributed by atoms with Gasteiger partial charge >= 0.3 is 25.7 Å². The van der Waals surface area contributed by atoms with Crippen molar-refractivity contribution in [1.29, 1.82) is 0 Å². The highest BCUT2D eigenvalue weighted by Gasteiger charge is 2.28. The summed E-state index contributed by atoms with van der Waals surface area (Å²) >= 11 is 0. The van der Waals surface area contributed by atoms with Crippen LogP contribution in [0.3, 0.4) is 0 Å². The van der Waals surface area contributed by atoms with Crippen molar-refractivity contribution in [2.75, 3.05) is 19.8 Å². The van der Waals surface area contributed by atoms with Gasteiger partial charge in [-0.05, 0) is 77.0 Å². The largest absolute Gasteiger partial charge is 0.480 e. The molecule has 0 aromatic rings. The Hall–Kier alpha value is -2.82. The molecule has 0 spiro atoms. The van der Waals surface area contributed by atoms with Gasteiger partial charge in [-0.3, -0.25) is 23.4 Å². The maximum atomic E-state index is 12.6. The lowest BCUT2D eigenvalue weighted by Gasteiger charge is -2.20. The van der Waals surface area contributed by atoms with Crippen LogP contribution in [-0.4, -0.2) is 59.9 Å². The SMILES string of the molecule is CCC/C=C/C/C=C/C/C=C/C/C=C/CCCCCC(=O)OC[C@H](COP(=O)(O)OC[C@H](N)C(=O)O)OC(=O)CCCCCCCCC/C=C/CCCCCCCC. The van der Waals surface area contributed by atoms with Gasteiger partial charge in [0, 0.05) is 12.8 Å². The number of phosphoric acid groups is 1. The van der Waals surface area contributed by atoms with Gasteiger partial charge in [0.15, 0.2) is 6.10 Å². The highest BCUT2D eigenvalue weighted by Crippen LogP contribution is 2.43. The molecule has 0 saturated heterocycles. The van der Waals surface area contributed by atoms with Gasteiger partial charge in [-0.2, -0.15) is 0 Å². The lowest BCUT2D eigenvalue weighted by atomic mass is 10.1. The van der Waals surface area contributed by atoms with Crippen molar-refractivity contribution in [3.8, 4) is 0 Å². The maximum Gasteiger partial charge on any atom is 0.472 e. The quantitative estimate of drug-likeness (QED) is 0.0231. The van der Waals surface area contributed by atoms with E-state index in [9.17, 15) is 23.8 Å². The van der Waals surface area contributed by atoms with Gasteiger partial charge in [-0.15, -0.1) is 0 Å². The third kappa shape index (κ3) is 40.0. The molecule has 0 radical (unpaired) electrons. The zero-order chi connectivity index (χ0) is 42.8. The van der Waals surface area contributed by atoms with Crippen LogP contribution in [0.1, 0.15) is 181 Å². The van der Waals surface area contributed by atoms with Crippen LogP contribution in [0, 0.1) is 0 Å². The van der Waals surface area contributed by atoms with Crippen LogP contribution in [-0.2, 0) is 37.5 Å². The molecule has 0 aliphatic rings. The number of carboxylic acids is 1. The number of ether oxygens (including phenoxy) is 2. The number of hydrogen-bond donors (Lipinski definition) is 3. The fraction of sp³-hybridized carbons (Fsp3) is 0.717. The number of esters is 2. The van der Waals surface area contributed by atoms with Crippen molar-refractivity contribution in [1.82, 2.24) is 0 Å². The van der Waals surface area contributed by atoms with E-state index in [1.54, 1.807) is 0 Å². The van der Waals surface area contributed by atoms with E-state index in [0.717, 1.165) is 77.0 Å². The van der Waals surface area contributed by atoms with Crippen molar-refractivity contribution < 1.29 is 47.5 Å². The normalized spacial score (nSPS) is 14.3. The summed E-state index contributed by atoms with van der Waals surface area (Å²) in [7, 11) is -4.73. The second-order valence-electron chi connectivity index (χ2n) is 14.8. The number of phosphoric ester groups is 1. The lowest BCUT2D eigenvalue weighted by Crippen LogP contribution is -2.34. The second kappa shape index (κ2) is 40.9. The monoisotopic (exact) mass is 838 g/mol. The first-order valence-corrected chi connectivity index (χ1v) is 23.8. The van der Waals surface area contributed by atoms with Crippen molar-refractivity contribution in [3.63, 3.8) is 0 Å². The van der Waals surface area contributed by atoms with Gasteiger partial charge in [-0.1, -0.05) is 152 Å². The first kappa shape index (κ1) is 55.2. The van der Waals surface area contributed by atoms with Crippen LogP contribution in [0.25, 0.3) is 0 Å². The van der Waals surface area contributed by atoms with E-state index in [-0.39, 0.29) is 19.4 Å². The van der Waals surface area contributed by atoms with Crippen LogP contribution in [0.5, 0.6) is 0 Å². The zero-order valence-electron chi connectivity index (χ0n) is 36.1. The number of nitrogens with two attached hydrogens (primary N) is 1. The lowest BCUT2D eigenvalue weighted by molar-refractivity contribution is -0.161. The average Bonchev–Trinajstić information content (AvgIpc) is 3.20. The van der Waals surface area contributed by atoms with Crippen molar-refractivity contribution in [3.05, 3.63) is 60.8 Å². The van der Waals surface area contributed by atoms with Gasteiger partial charge in [0.2, 0.25) is 0 Å². The standard InChI is InChI=1S/C46H80NO10P/c1-3-5-7-9-11-13-15-17-19-21-23-25-27-29-31-33-35-37-44(48)54-39-42(40-55-58(52,53)56-41-43(47)46(50)51)57-45(49)38-36-34-32-30-28-26-24-22-20-18-16-14-12-10-8-6-4-2/h7,9,13,15,18-21,25,27,42-43H,3-6,8,10-12,14,16-17,22-24,26,28-41,47H2,1-2H3,(H,50,51)(H,52,53)/b9-7+,15-13+,20-18+,21-19+,27-25+/t42-,43+/m1/s1. The van der Waals surface area contributed by atoms with Crippen LogP contribution >= 0.6 is 7.82 Å². The summed E-state index contributed by atoms with van der Waals surface area (Å²) < 4.78 is 32.7. The third-order valence-electron chi connectivity index (χ3n) is 9.22. The van der Waals surface area contributed by atoms with Gasteiger partial charge in [0.25, 0.3) is 0 Å². The molecule has 0 heterocycles. The Bertz CT molecular complexity index is 1210. The summed E-state index contributed by atoms with van der Waals surface area (Å²) in [6.45, 7) is 2.69. The number of carbonyl (C=O) groups is 3. The summed E-state index contributed by atoms with van der Waals surface area (Å²) in [4.78, 5) is 46.0. The number of aliphatic carboxylic acids is 1. The molecular formula is C46H80NO10P. The molecule has 4 N–H and O–H groups in total. The van der Waals surface area contributed by atoms with Gasteiger partial charge < -0.3 is 25.2 Å². The Morgan fingerprint density at radius 1 is 0.534 bits per heavy atom. The fourth-order valence-electron chi connectivity index (χ4n) is 5.70. The average molecular weight is 838 g/mol. The van der Waals surface area contributed by atoms with E-state index in [0.29, 0.717) is 12.8 Å². The summed E-state index contributed by atoms with van der Waals surface area (Å²) in [5, 5.41) is 8.89. The van der Waals surface area contributed by atoms with Crippen LogP contribution in [0.2, 0.25) is 0 Å². The first-order chi connectivity index (χ1) is 28.1. The molecule has 58 heavy (non-hydrogen) atoms. The van der Waals surface area contributed by atoms with Gasteiger partial charge in [0.05, 0.1) is 13.2 Å². The molecule has 0 amide bonds. The van der Waals surface area contributed by atoms with E-state index in [4.69, 9.17) is 24.8 Å². The Balaban J connectivity index is 4.42. The zero-order valence-corrected chi connectivity index (χ0v) is 37.0. The predicted octanol–water partition coefficient (Wildman–Crippen LogP) is 12.0. The number of carbonyl (C=O) groups excluding carboxylic acids is 2. The Morgan fingerprint density at radius 2 is 0.948 bits per heavy atom. The molecule has 0 aromatic heterocycles. The molecular weight excluding hydrogens is 757 g/mol. The summed E-state index contributed by atoms with van der Waals surface area (Å²) in [5.74, 6) is -2.43. The smallest absolute Gasteiger partial charge is 0.472 e. The maximum absolute atomic E-state index is 12.6. The van der Waals surface area contributed by atoms with Crippen molar-refractivity contribution in [2.45, 2.75) is 193 Å². The predicted molar refractivity (Wildman–Crippen MR) is 235 cm³/mol. The van der Waals surface area contributed by atoms with Crippen molar-refractivity contribution in [2.24, 2.45) is 5.73 Å². The summed E-state index contributed by atoms with van der Waals surface area (Å²) in [6, 6.07) is -1.53. The van der Waals surface area contributed by atoms with E-state index in [1.165, 1.54) is 64.2 Å². The highest BCUT2D eigenvalue weighted by molar-refractivity contribution is 7.47. The van der Waals surface area contributed by atoms with Crippen LogP contribution < -0.4 is 5.73 Å². The molecule has 0 aliphatic heterocycles. The van der Waals surface area contributed by atoms with E-state index >= 15 is 0 Å². The van der Waals surface area contributed by atoms with E-state index in [2.05, 4.69) is 79.1 Å². The van der Waals surface area contributed by atoms with Crippen LogP contribution in [0.4, 0.5) is 0 Å². The minimum atomic E-state index is -4.73. The Morgan fingerprint density at radius 3 is 1.47 bits per heavy atom. The molecule has 11 nitrogen and oxygen atoms in total. The van der Waals surface area contributed by atoms with Gasteiger partial charge in [-0.25, -0.2) is 4.57 Å². The van der Waals surface area contributed by atoms with Crippen LogP contribution in [0.15, 0.2) is 60.8 Å². The molecule has 0 saturated carbocycles. The molecule has 334 valence electrons. The molecule has 0 bridgehead atoms. The van der Waals surface area contributed by atoms with Gasteiger partial charge in [0.1, 0.15) is 12.6 Å². The van der Waals surface area contributed by atoms with Crippen molar-refractivity contribution >= 4 is 25.7 Å². The van der Waals surface area contributed by atoms with E-state index < -0.39 is 51.1 Å². The second-order valence-corrected chi connectivity index (χ2v) is 16.3. The molecule has 0 fully saturated rings. The number of hydrogen-bond acceptors (Lipinski definition) is 9. The molecule has 0 aliphatic carbocycles. The first-order valence-electron chi connectivity index (χ1n) is 22.3. The number of carboxylic acid groups (broad SMARTS) is 1. The molecule has 1 unspecified atom stereocenters. The van der Waals surface area contributed by atoms with E-state index in [1.807, 2.05) is 0 Å². The molecule has 0 aromatic carbocycles.